The molecule has 1 aliphatic rings. The van der Waals surface area contributed by atoms with Crippen molar-refractivity contribution >= 4 is 5.91 Å². The lowest BCUT2D eigenvalue weighted by molar-refractivity contribution is -0.131. The third-order valence-electron chi connectivity index (χ3n) is 4.15. The Morgan fingerprint density at radius 2 is 2.00 bits per heavy atom. The lowest BCUT2D eigenvalue weighted by Gasteiger charge is -2.22. The molecule has 2 heterocycles. The topological polar surface area (TPSA) is 67.5 Å². The van der Waals surface area contributed by atoms with Crippen LogP contribution in [0.1, 0.15) is 6.92 Å². The van der Waals surface area contributed by atoms with Gasteiger partial charge in [-0.1, -0.05) is 6.92 Å². The highest BCUT2D eigenvalue weighted by Crippen LogP contribution is 2.20. The minimum absolute atomic E-state index is 0.0280. The number of carbonyl (C=O) groups excluding carboxylic acids is 1. The molecule has 21 heavy (non-hydrogen) atoms. The number of hydrogen-bond donors (Lipinski definition) is 0. The van der Waals surface area contributed by atoms with Gasteiger partial charge in [-0.05, 0) is 20.0 Å². The van der Waals surface area contributed by atoms with Gasteiger partial charge in [-0.25, -0.2) is 4.79 Å². The lowest BCUT2D eigenvalue weighted by atomic mass is 10.1. The normalized spacial score (nSPS) is 22.0. The van der Waals surface area contributed by atoms with Crippen LogP contribution in [0.15, 0.2) is 21.9 Å². The molecule has 0 spiro atoms. The third-order valence-corrected chi connectivity index (χ3v) is 4.15. The minimum atomic E-state index is -0.466. The number of hydrogen-bond acceptors (Lipinski definition) is 4. The zero-order chi connectivity index (χ0) is 15.7. The number of likely N-dealkylation sites (tertiary alicyclic amines) is 1. The molecular formula is C14H22N4O3. The zero-order valence-corrected chi connectivity index (χ0v) is 12.9. The van der Waals surface area contributed by atoms with Crippen molar-refractivity contribution in [3.8, 4) is 0 Å². The Morgan fingerprint density at radius 1 is 1.33 bits per heavy atom. The van der Waals surface area contributed by atoms with Crippen molar-refractivity contribution < 1.29 is 4.79 Å². The summed E-state index contributed by atoms with van der Waals surface area (Å²) in [4.78, 5) is 39.5. The maximum atomic E-state index is 12.3. The fraction of sp³-hybridized carbons (Fsp3) is 0.643. The number of amides is 1. The molecule has 1 aliphatic heterocycles. The van der Waals surface area contributed by atoms with E-state index in [4.69, 9.17) is 0 Å². The molecule has 7 nitrogen and oxygen atoms in total. The standard InChI is InChI=1S/C14H22N4O3/c1-10-7-18(8-11(10)15(2)3)13(20)9-17-6-5-12(19)16(4)14(17)21/h5-6,10-11H,7-9H2,1-4H3/t10-,11+/m1/s1. The average molecular weight is 294 g/mol. The summed E-state index contributed by atoms with van der Waals surface area (Å²) in [6.45, 7) is 3.46. The fourth-order valence-corrected chi connectivity index (χ4v) is 2.81. The summed E-state index contributed by atoms with van der Waals surface area (Å²) in [6, 6.07) is 1.63. The molecule has 0 aromatic carbocycles. The Balaban J connectivity index is 2.12. The molecule has 0 unspecified atom stereocenters. The van der Waals surface area contributed by atoms with Crippen LogP contribution < -0.4 is 11.2 Å². The van der Waals surface area contributed by atoms with Crippen LogP contribution in [-0.2, 0) is 18.4 Å². The van der Waals surface area contributed by atoms with Crippen LogP contribution in [0.25, 0.3) is 0 Å². The average Bonchev–Trinajstić information content (AvgIpc) is 2.82. The quantitative estimate of drug-likeness (QED) is 0.714. The van der Waals surface area contributed by atoms with Gasteiger partial charge in [0.2, 0.25) is 5.91 Å². The first-order chi connectivity index (χ1) is 9.81. The molecule has 0 saturated carbocycles. The second kappa shape index (κ2) is 5.85. The molecule has 1 fully saturated rings. The van der Waals surface area contributed by atoms with E-state index in [0.29, 0.717) is 25.0 Å². The Bertz CT molecular complexity index is 646. The van der Waals surface area contributed by atoms with Crippen LogP contribution in [0, 0.1) is 5.92 Å². The minimum Gasteiger partial charge on any atom is -0.339 e. The van der Waals surface area contributed by atoms with Gasteiger partial charge >= 0.3 is 5.69 Å². The van der Waals surface area contributed by atoms with Crippen LogP contribution >= 0.6 is 0 Å². The molecular weight excluding hydrogens is 272 g/mol. The first-order valence-electron chi connectivity index (χ1n) is 7.02. The van der Waals surface area contributed by atoms with Crippen LogP contribution in [0.4, 0.5) is 0 Å². The number of aromatic nitrogens is 2. The maximum absolute atomic E-state index is 12.3. The van der Waals surface area contributed by atoms with Gasteiger partial charge < -0.3 is 9.80 Å². The SMILES string of the molecule is C[C@@H]1CN(C(=O)Cn2ccc(=O)n(C)c2=O)C[C@@H]1N(C)C. The van der Waals surface area contributed by atoms with E-state index in [2.05, 4.69) is 11.8 Å². The van der Waals surface area contributed by atoms with Crippen LogP contribution in [0.2, 0.25) is 0 Å². The van der Waals surface area contributed by atoms with E-state index in [0.717, 1.165) is 4.57 Å². The van der Waals surface area contributed by atoms with Crippen molar-refractivity contribution in [2.24, 2.45) is 13.0 Å². The Labute approximate surface area is 123 Å². The van der Waals surface area contributed by atoms with Crippen molar-refractivity contribution in [1.29, 1.82) is 0 Å². The van der Waals surface area contributed by atoms with Crippen molar-refractivity contribution in [2.75, 3.05) is 27.2 Å². The van der Waals surface area contributed by atoms with E-state index in [9.17, 15) is 14.4 Å². The van der Waals surface area contributed by atoms with E-state index < -0.39 is 5.69 Å². The predicted octanol–water partition coefficient (Wildman–Crippen LogP) is -1.04. The number of rotatable bonds is 3. The van der Waals surface area contributed by atoms with Gasteiger partial charge in [-0.15, -0.1) is 0 Å². The molecule has 0 radical (unpaired) electrons. The second-order valence-corrected chi connectivity index (χ2v) is 5.93. The monoisotopic (exact) mass is 294 g/mol. The van der Waals surface area contributed by atoms with Crippen molar-refractivity contribution in [1.82, 2.24) is 18.9 Å². The molecule has 0 aliphatic carbocycles. The van der Waals surface area contributed by atoms with E-state index >= 15 is 0 Å². The molecule has 1 aromatic rings. The first kappa shape index (κ1) is 15.5. The highest BCUT2D eigenvalue weighted by molar-refractivity contribution is 5.76. The number of likely N-dealkylation sites (N-methyl/N-ethyl adjacent to an activating group) is 1. The number of nitrogens with zero attached hydrogens (tertiary/aromatic N) is 4. The van der Waals surface area contributed by atoms with E-state index in [1.807, 2.05) is 14.1 Å². The highest BCUT2D eigenvalue weighted by Gasteiger charge is 2.33. The van der Waals surface area contributed by atoms with Gasteiger partial charge in [0.05, 0.1) is 0 Å². The molecule has 1 saturated heterocycles. The van der Waals surface area contributed by atoms with Crippen molar-refractivity contribution in [3.63, 3.8) is 0 Å². The second-order valence-electron chi connectivity index (χ2n) is 5.93. The van der Waals surface area contributed by atoms with Crippen molar-refractivity contribution in [3.05, 3.63) is 33.1 Å². The first-order valence-corrected chi connectivity index (χ1v) is 7.02. The molecule has 1 amide bonds. The fourth-order valence-electron chi connectivity index (χ4n) is 2.81. The van der Waals surface area contributed by atoms with Gasteiger partial charge in [0.1, 0.15) is 6.54 Å². The van der Waals surface area contributed by atoms with Gasteiger partial charge in [-0.2, -0.15) is 0 Å². The van der Waals surface area contributed by atoms with E-state index in [1.54, 1.807) is 4.90 Å². The molecule has 7 heteroatoms. The smallest absolute Gasteiger partial charge is 0.331 e. The summed E-state index contributed by atoms with van der Waals surface area (Å²) in [5, 5.41) is 0. The largest absolute Gasteiger partial charge is 0.339 e. The third kappa shape index (κ3) is 3.07. The van der Waals surface area contributed by atoms with Gasteiger partial charge in [-0.3, -0.25) is 18.7 Å². The predicted molar refractivity (Wildman–Crippen MR) is 79.2 cm³/mol. The van der Waals surface area contributed by atoms with Crippen LogP contribution in [0.5, 0.6) is 0 Å². The van der Waals surface area contributed by atoms with E-state index in [1.165, 1.54) is 23.9 Å². The van der Waals surface area contributed by atoms with Gasteiger partial charge in [0.25, 0.3) is 5.56 Å². The number of carbonyl (C=O) groups is 1. The molecule has 2 rings (SSSR count). The highest BCUT2D eigenvalue weighted by atomic mass is 16.2. The van der Waals surface area contributed by atoms with E-state index in [-0.39, 0.29) is 18.0 Å². The summed E-state index contributed by atoms with van der Waals surface area (Å²) in [5.74, 6) is 0.313. The molecule has 116 valence electrons. The maximum Gasteiger partial charge on any atom is 0.331 e. The van der Waals surface area contributed by atoms with Crippen LogP contribution in [0.3, 0.4) is 0 Å². The summed E-state index contributed by atoms with van der Waals surface area (Å²) < 4.78 is 2.28. The summed E-state index contributed by atoms with van der Waals surface area (Å²) in [5.41, 5.74) is -0.835. The van der Waals surface area contributed by atoms with Crippen molar-refractivity contribution in [2.45, 2.75) is 19.5 Å². The van der Waals surface area contributed by atoms with Gasteiger partial charge in [0.15, 0.2) is 0 Å². The molecule has 0 bridgehead atoms. The molecule has 2 atom stereocenters. The molecule has 0 N–H and O–H groups in total. The summed E-state index contributed by atoms with van der Waals surface area (Å²) >= 11 is 0. The van der Waals surface area contributed by atoms with Gasteiger partial charge in [0, 0.05) is 38.4 Å². The summed E-state index contributed by atoms with van der Waals surface area (Å²) in [7, 11) is 5.42. The lowest BCUT2D eigenvalue weighted by Crippen LogP contribution is -2.41. The zero-order valence-electron chi connectivity index (χ0n) is 12.9. The Hall–Kier alpha value is -1.89. The summed E-state index contributed by atoms with van der Waals surface area (Å²) in [6.07, 6.45) is 1.38. The Kier molecular flexibility index (Phi) is 4.32. The molecule has 1 aromatic heterocycles. The van der Waals surface area contributed by atoms with Crippen LogP contribution in [-0.4, -0.2) is 58.1 Å². The Morgan fingerprint density at radius 3 is 2.57 bits per heavy atom.